The van der Waals surface area contributed by atoms with Gasteiger partial charge in [0.2, 0.25) is 5.91 Å². The van der Waals surface area contributed by atoms with Crippen molar-refractivity contribution in [3.63, 3.8) is 0 Å². The predicted molar refractivity (Wildman–Crippen MR) is 125 cm³/mol. The SMILES string of the molecule is COc1cc(CNC(=O)C2CC3CCCC(C2)C3N)ccc1OCCN(C)C.Cl.Cl. The van der Waals surface area contributed by atoms with Gasteiger partial charge in [-0.05, 0) is 69.3 Å². The summed E-state index contributed by atoms with van der Waals surface area (Å²) < 4.78 is 11.3. The van der Waals surface area contributed by atoms with Crippen molar-refractivity contribution >= 4 is 30.7 Å². The summed E-state index contributed by atoms with van der Waals surface area (Å²) in [6.07, 6.45) is 5.49. The van der Waals surface area contributed by atoms with E-state index < -0.39 is 0 Å². The molecule has 0 spiro atoms. The molecule has 2 atom stereocenters. The Bertz CT molecular complexity index is 661. The van der Waals surface area contributed by atoms with Gasteiger partial charge in [-0.1, -0.05) is 12.5 Å². The van der Waals surface area contributed by atoms with Gasteiger partial charge in [0.15, 0.2) is 11.5 Å². The number of benzene rings is 1. The number of carbonyl (C=O) groups excluding carboxylic acids is 1. The molecule has 1 aromatic carbocycles. The van der Waals surface area contributed by atoms with Crippen molar-refractivity contribution in [3.05, 3.63) is 23.8 Å². The first-order valence-corrected chi connectivity index (χ1v) is 10.5. The predicted octanol–water partition coefficient (Wildman–Crippen LogP) is 3.25. The van der Waals surface area contributed by atoms with Gasteiger partial charge in [-0.15, -0.1) is 24.8 Å². The van der Waals surface area contributed by atoms with E-state index in [1.807, 2.05) is 32.3 Å². The molecule has 2 unspecified atom stereocenters. The Morgan fingerprint density at radius 3 is 2.43 bits per heavy atom. The highest BCUT2D eigenvalue weighted by atomic mass is 35.5. The van der Waals surface area contributed by atoms with Crippen LogP contribution >= 0.6 is 24.8 Å². The third-order valence-corrected chi connectivity index (χ3v) is 6.27. The van der Waals surface area contributed by atoms with Crippen molar-refractivity contribution in [2.24, 2.45) is 23.5 Å². The van der Waals surface area contributed by atoms with Crippen LogP contribution in [0.4, 0.5) is 0 Å². The fourth-order valence-electron chi connectivity index (χ4n) is 4.62. The molecule has 0 aliphatic heterocycles. The van der Waals surface area contributed by atoms with Crippen molar-refractivity contribution in [1.29, 1.82) is 0 Å². The molecule has 172 valence electrons. The Kier molecular flexibility index (Phi) is 11.3. The number of hydrogen-bond donors (Lipinski definition) is 2. The van der Waals surface area contributed by atoms with Gasteiger partial charge in [-0.2, -0.15) is 0 Å². The molecule has 0 aromatic heterocycles. The van der Waals surface area contributed by atoms with E-state index in [2.05, 4.69) is 10.2 Å². The van der Waals surface area contributed by atoms with Gasteiger partial charge in [0, 0.05) is 25.0 Å². The summed E-state index contributed by atoms with van der Waals surface area (Å²) in [5, 5.41) is 3.12. The number of ether oxygens (including phenoxy) is 2. The lowest BCUT2D eigenvalue weighted by molar-refractivity contribution is -0.128. The molecule has 3 rings (SSSR count). The van der Waals surface area contributed by atoms with Crippen LogP contribution in [0.25, 0.3) is 0 Å². The first-order chi connectivity index (χ1) is 13.5. The number of amides is 1. The van der Waals surface area contributed by atoms with Crippen molar-refractivity contribution in [1.82, 2.24) is 10.2 Å². The normalized spacial score (nSPS) is 25.0. The van der Waals surface area contributed by atoms with Crippen LogP contribution < -0.4 is 20.5 Å². The number of nitrogens with one attached hydrogen (secondary N) is 1. The average molecular weight is 462 g/mol. The maximum atomic E-state index is 12.7. The van der Waals surface area contributed by atoms with Gasteiger partial charge >= 0.3 is 0 Å². The molecule has 0 saturated heterocycles. The number of nitrogens with two attached hydrogens (primary N) is 1. The minimum absolute atomic E-state index is 0. The lowest BCUT2D eigenvalue weighted by Crippen LogP contribution is -2.49. The zero-order valence-corrected chi connectivity index (χ0v) is 19.9. The second kappa shape index (κ2) is 12.6. The quantitative estimate of drug-likeness (QED) is 0.620. The second-order valence-corrected chi connectivity index (χ2v) is 8.55. The molecule has 1 aromatic rings. The number of rotatable bonds is 8. The van der Waals surface area contributed by atoms with Gasteiger partial charge in [-0.25, -0.2) is 0 Å². The molecular formula is C22H37Cl2N3O3. The maximum absolute atomic E-state index is 12.7. The summed E-state index contributed by atoms with van der Waals surface area (Å²) in [5.41, 5.74) is 7.36. The molecule has 1 amide bonds. The molecule has 6 nitrogen and oxygen atoms in total. The number of carbonyl (C=O) groups is 1. The standard InChI is InChI=1S/C22H35N3O3.2ClH/c1-25(2)9-10-28-19-8-7-15(11-20(19)27-3)14-24-22(26)18-12-16-5-4-6-17(13-18)21(16)23;;/h7-8,11,16-18,21H,4-6,9-10,12-14,23H2,1-3H3,(H,24,26);2*1H. The molecule has 8 heteroatoms. The number of nitrogens with zero attached hydrogens (tertiary/aromatic N) is 1. The van der Waals surface area contributed by atoms with Crippen LogP contribution in [0.5, 0.6) is 11.5 Å². The highest BCUT2D eigenvalue weighted by molar-refractivity contribution is 5.85. The lowest BCUT2D eigenvalue weighted by Gasteiger charge is -2.43. The largest absolute Gasteiger partial charge is 0.493 e. The van der Waals surface area contributed by atoms with E-state index in [9.17, 15) is 4.79 Å². The molecule has 2 bridgehead atoms. The van der Waals surface area contributed by atoms with E-state index in [1.165, 1.54) is 19.3 Å². The minimum Gasteiger partial charge on any atom is -0.493 e. The van der Waals surface area contributed by atoms with Crippen LogP contribution in [0.15, 0.2) is 18.2 Å². The molecule has 2 aliphatic carbocycles. The number of likely N-dealkylation sites (N-methyl/N-ethyl adjacent to an activating group) is 1. The number of hydrogen-bond acceptors (Lipinski definition) is 5. The molecule has 0 radical (unpaired) electrons. The summed E-state index contributed by atoms with van der Waals surface area (Å²) >= 11 is 0. The number of fused-ring (bicyclic) bond motifs is 2. The van der Waals surface area contributed by atoms with Gasteiger partial charge in [-0.3, -0.25) is 4.79 Å². The average Bonchev–Trinajstić information content (AvgIpc) is 2.66. The van der Waals surface area contributed by atoms with Crippen LogP contribution in [0.1, 0.15) is 37.7 Å². The lowest BCUT2D eigenvalue weighted by atomic mass is 9.65. The first-order valence-electron chi connectivity index (χ1n) is 10.5. The highest BCUT2D eigenvalue weighted by Crippen LogP contribution is 2.41. The Labute approximate surface area is 193 Å². The number of methoxy groups -OCH3 is 1. The second-order valence-electron chi connectivity index (χ2n) is 8.55. The van der Waals surface area contributed by atoms with Crippen molar-refractivity contribution in [3.8, 4) is 11.5 Å². The number of halogens is 2. The van der Waals surface area contributed by atoms with Crippen molar-refractivity contribution < 1.29 is 14.3 Å². The fourth-order valence-corrected chi connectivity index (χ4v) is 4.62. The van der Waals surface area contributed by atoms with Crippen LogP contribution in [0.3, 0.4) is 0 Å². The van der Waals surface area contributed by atoms with E-state index in [0.29, 0.717) is 36.8 Å². The molecule has 2 saturated carbocycles. The molecule has 3 N–H and O–H groups in total. The van der Waals surface area contributed by atoms with Crippen LogP contribution in [0, 0.1) is 17.8 Å². The van der Waals surface area contributed by atoms with E-state index in [-0.39, 0.29) is 36.6 Å². The van der Waals surface area contributed by atoms with Gasteiger partial charge in [0.1, 0.15) is 6.61 Å². The van der Waals surface area contributed by atoms with Gasteiger partial charge < -0.3 is 25.4 Å². The smallest absolute Gasteiger partial charge is 0.223 e. The van der Waals surface area contributed by atoms with E-state index in [0.717, 1.165) is 30.7 Å². The third-order valence-electron chi connectivity index (χ3n) is 6.27. The Hall–Kier alpha value is -1.21. The van der Waals surface area contributed by atoms with Crippen LogP contribution in [-0.4, -0.2) is 51.2 Å². The zero-order valence-electron chi connectivity index (χ0n) is 18.3. The Morgan fingerprint density at radius 1 is 1.17 bits per heavy atom. The molecule has 0 heterocycles. The zero-order chi connectivity index (χ0) is 20.1. The van der Waals surface area contributed by atoms with E-state index >= 15 is 0 Å². The van der Waals surface area contributed by atoms with Crippen molar-refractivity contribution in [2.75, 3.05) is 34.4 Å². The minimum atomic E-state index is 0. The van der Waals surface area contributed by atoms with E-state index in [4.69, 9.17) is 15.2 Å². The van der Waals surface area contributed by atoms with Crippen LogP contribution in [0.2, 0.25) is 0 Å². The summed E-state index contributed by atoms with van der Waals surface area (Å²) in [5.74, 6) is 2.72. The molecular weight excluding hydrogens is 425 g/mol. The summed E-state index contributed by atoms with van der Waals surface area (Å²) in [6.45, 7) is 1.95. The monoisotopic (exact) mass is 461 g/mol. The summed E-state index contributed by atoms with van der Waals surface area (Å²) in [6, 6.07) is 6.14. The highest BCUT2D eigenvalue weighted by Gasteiger charge is 2.40. The van der Waals surface area contributed by atoms with E-state index in [1.54, 1.807) is 7.11 Å². The maximum Gasteiger partial charge on any atom is 0.223 e. The topological polar surface area (TPSA) is 76.8 Å². The molecule has 2 aliphatic rings. The Balaban J connectivity index is 0.00000225. The fraction of sp³-hybridized carbons (Fsp3) is 0.682. The summed E-state index contributed by atoms with van der Waals surface area (Å²) in [4.78, 5) is 14.8. The van der Waals surface area contributed by atoms with Gasteiger partial charge in [0.05, 0.1) is 7.11 Å². The third kappa shape index (κ3) is 6.91. The molecule has 2 fully saturated rings. The first kappa shape index (κ1) is 26.8. The molecule has 30 heavy (non-hydrogen) atoms. The summed E-state index contributed by atoms with van der Waals surface area (Å²) in [7, 11) is 5.67. The Morgan fingerprint density at radius 2 is 1.83 bits per heavy atom. The van der Waals surface area contributed by atoms with Gasteiger partial charge in [0.25, 0.3) is 0 Å². The van der Waals surface area contributed by atoms with Crippen LogP contribution in [-0.2, 0) is 11.3 Å². The van der Waals surface area contributed by atoms with Crippen molar-refractivity contribution in [2.45, 2.75) is 44.7 Å².